The number of hydrogen-bond acceptors (Lipinski definition) is 2. The lowest BCUT2D eigenvalue weighted by molar-refractivity contribution is -0.0171. The van der Waals surface area contributed by atoms with Gasteiger partial charge in [-0.2, -0.15) is 0 Å². The molecule has 21 heavy (non-hydrogen) atoms. The van der Waals surface area contributed by atoms with Crippen LogP contribution in [0.25, 0.3) is 0 Å². The van der Waals surface area contributed by atoms with E-state index in [1.807, 2.05) is 6.07 Å². The molecule has 4 bridgehead atoms. The van der Waals surface area contributed by atoms with Gasteiger partial charge in [0.2, 0.25) is 0 Å². The maximum absolute atomic E-state index is 5.36. The summed E-state index contributed by atoms with van der Waals surface area (Å²) < 4.78 is 5.36. The molecule has 0 saturated heterocycles. The minimum Gasteiger partial charge on any atom is -0.497 e. The summed E-state index contributed by atoms with van der Waals surface area (Å²) >= 11 is 0. The van der Waals surface area contributed by atoms with Crippen LogP contribution in [0.3, 0.4) is 0 Å². The monoisotopic (exact) mass is 285 g/mol. The second kappa shape index (κ2) is 5.31. The lowest BCUT2D eigenvalue weighted by Gasteiger charge is -2.55. The zero-order chi connectivity index (χ0) is 14.4. The molecule has 2 nitrogen and oxygen atoms in total. The van der Waals surface area contributed by atoms with Crippen molar-refractivity contribution in [3.05, 3.63) is 29.8 Å². The summed E-state index contributed by atoms with van der Waals surface area (Å²) in [6.07, 6.45) is 7.46. The molecule has 0 heterocycles. The second-order valence-corrected chi connectivity index (χ2v) is 7.62. The number of ether oxygens (including phenoxy) is 1. The quantitative estimate of drug-likeness (QED) is 0.896. The molecule has 0 aliphatic heterocycles. The standard InChI is InChI=1S/C19H27NO/c1-12(15-4-3-5-18(11-15)21-2)20-19-16-7-13-6-14(9-16)10-17(19)8-13/h3-5,11-14,16-17,19-20H,6-10H2,1-2H3/t12-,13?,14?,16?,17?,19?/m0/s1. The summed E-state index contributed by atoms with van der Waals surface area (Å²) in [5.41, 5.74) is 1.35. The Hall–Kier alpha value is -1.02. The van der Waals surface area contributed by atoms with E-state index in [-0.39, 0.29) is 0 Å². The van der Waals surface area contributed by atoms with Gasteiger partial charge in [-0.25, -0.2) is 0 Å². The van der Waals surface area contributed by atoms with Gasteiger partial charge in [0.05, 0.1) is 7.11 Å². The molecule has 0 spiro atoms. The van der Waals surface area contributed by atoms with Crippen molar-refractivity contribution < 1.29 is 4.74 Å². The predicted octanol–water partition coefficient (Wildman–Crippen LogP) is 4.17. The van der Waals surface area contributed by atoms with E-state index in [0.717, 1.165) is 35.5 Å². The minimum atomic E-state index is 0.419. The van der Waals surface area contributed by atoms with E-state index in [9.17, 15) is 0 Å². The van der Waals surface area contributed by atoms with Gasteiger partial charge in [0.25, 0.3) is 0 Å². The average molecular weight is 285 g/mol. The molecule has 2 heteroatoms. The first kappa shape index (κ1) is 13.6. The van der Waals surface area contributed by atoms with Gasteiger partial charge >= 0.3 is 0 Å². The minimum absolute atomic E-state index is 0.419. The Morgan fingerprint density at radius 2 is 1.71 bits per heavy atom. The van der Waals surface area contributed by atoms with Gasteiger partial charge in [-0.3, -0.25) is 0 Å². The van der Waals surface area contributed by atoms with E-state index in [1.54, 1.807) is 7.11 Å². The Bertz CT molecular complexity index is 484. The molecular formula is C19H27NO. The molecule has 114 valence electrons. The smallest absolute Gasteiger partial charge is 0.119 e. The highest BCUT2D eigenvalue weighted by Gasteiger charge is 2.48. The lowest BCUT2D eigenvalue weighted by atomic mass is 9.54. The molecule has 0 radical (unpaired) electrons. The molecule has 4 aliphatic rings. The third-order valence-electron chi connectivity index (χ3n) is 6.26. The van der Waals surface area contributed by atoms with Gasteiger partial charge in [0.1, 0.15) is 5.75 Å². The highest BCUT2D eigenvalue weighted by Crippen LogP contribution is 2.54. The number of hydrogen-bond donors (Lipinski definition) is 1. The molecular weight excluding hydrogens is 258 g/mol. The van der Waals surface area contributed by atoms with Crippen molar-refractivity contribution in [1.82, 2.24) is 5.32 Å². The largest absolute Gasteiger partial charge is 0.497 e. The fraction of sp³-hybridized carbons (Fsp3) is 0.684. The number of methoxy groups -OCH3 is 1. The molecule has 0 amide bonds. The van der Waals surface area contributed by atoms with Crippen LogP contribution in [0.15, 0.2) is 24.3 Å². The van der Waals surface area contributed by atoms with Crippen LogP contribution in [0.1, 0.15) is 50.6 Å². The van der Waals surface area contributed by atoms with Crippen LogP contribution < -0.4 is 10.1 Å². The van der Waals surface area contributed by atoms with E-state index >= 15 is 0 Å². The third kappa shape index (κ3) is 2.48. The van der Waals surface area contributed by atoms with Gasteiger partial charge in [0.15, 0.2) is 0 Å². The summed E-state index contributed by atoms with van der Waals surface area (Å²) in [6.45, 7) is 2.31. The van der Waals surface area contributed by atoms with Crippen molar-refractivity contribution >= 4 is 0 Å². The van der Waals surface area contributed by atoms with Crippen molar-refractivity contribution in [1.29, 1.82) is 0 Å². The Morgan fingerprint density at radius 3 is 2.33 bits per heavy atom. The Labute approximate surface area is 128 Å². The highest BCUT2D eigenvalue weighted by molar-refractivity contribution is 5.30. The van der Waals surface area contributed by atoms with Crippen molar-refractivity contribution in [3.8, 4) is 5.75 Å². The lowest BCUT2D eigenvalue weighted by Crippen LogP contribution is -2.54. The first-order chi connectivity index (χ1) is 10.2. The Balaban J connectivity index is 1.48. The molecule has 1 aromatic carbocycles. The first-order valence-corrected chi connectivity index (χ1v) is 8.63. The predicted molar refractivity (Wildman–Crippen MR) is 85.4 cm³/mol. The van der Waals surface area contributed by atoms with E-state index in [4.69, 9.17) is 4.74 Å². The molecule has 0 unspecified atom stereocenters. The van der Waals surface area contributed by atoms with Crippen LogP contribution in [0.2, 0.25) is 0 Å². The maximum Gasteiger partial charge on any atom is 0.119 e. The van der Waals surface area contributed by atoms with Crippen LogP contribution in [0.5, 0.6) is 5.75 Å². The number of benzene rings is 1. The van der Waals surface area contributed by atoms with Crippen LogP contribution in [-0.2, 0) is 0 Å². The highest BCUT2D eigenvalue weighted by atomic mass is 16.5. The zero-order valence-electron chi connectivity index (χ0n) is 13.2. The fourth-order valence-corrected chi connectivity index (χ4v) is 5.49. The first-order valence-electron chi connectivity index (χ1n) is 8.63. The van der Waals surface area contributed by atoms with Gasteiger partial charge in [-0.15, -0.1) is 0 Å². The third-order valence-corrected chi connectivity index (χ3v) is 6.26. The van der Waals surface area contributed by atoms with Crippen molar-refractivity contribution in [2.45, 2.75) is 51.1 Å². The van der Waals surface area contributed by atoms with Gasteiger partial charge in [-0.05, 0) is 80.4 Å². The summed E-state index contributed by atoms with van der Waals surface area (Å²) in [5, 5.41) is 3.97. The molecule has 1 N–H and O–H groups in total. The summed E-state index contributed by atoms with van der Waals surface area (Å²) in [7, 11) is 1.75. The van der Waals surface area contributed by atoms with Gasteiger partial charge in [-0.1, -0.05) is 12.1 Å². The van der Waals surface area contributed by atoms with Crippen LogP contribution in [-0.4, -0.2) is 13.2 Å². The zero-order valence-corrected chi connectivity index (χ0v) is 13.2. The average Bonchev–Trinajstić information content (AvgIpc) is 2.50. The normalized spacial score (nSPS) is 38.5. The maximum atomic E-state index is 5.36. The van der Waals surface area contributed by atoms with Crippen LogP contribution in [0.4, 0.5) is 0 Å². The van der Waals surface area contributed by atoms with E-state index in [2.05, 4.69) is 30.4 Å². The molecule has 4 saturated carbocycles. The molecule has 4 fully saturated rings. The number of nitrogens with one attached hydrogen (secondary N) is 1. The van der Waals surface area contributed by atoms with E-state index < -0.39 is 0 Å². The SMILES string of the molecule is COc1cccc([C@H](C)NC2C3CC4CC(C3)CC2C4)c1. The van der Waals surface area contributed by atoms with Crippen molar-refractivity contribution in [2.75, 3.05) is 7.11 Å². The topological polar surface area (TPSA) is 21.3 Å². The summed E-state index contributed by atoms with van der Waals surface area (Å²) in [4.78, 5) is 0. The Morgan fingerprint density at radius 1 is 1.05 bits per heavy atom. The molecule has 1 atom stereocenters. The Kier molecular flexibility index (Phi) is 3.45. The molecule has 1 aromatic rings. The molecule has 4 aliphatic carbocycles. The van der Waals surface area contributed by atoms with E-state index in [0.29, 0.717) is 6.04 Å². The van der Waals surface area contributed by atoms with Crippen LogP contribution >= 0.6 is 0 Å². The van der Waals surface area contributed by atoms with Crippen LogP contribution in [0, 0.1) is 23.7 Å². The summed E-state index contributed by atoms with van der Waals surface area (Å²) in [6, 6.07) is 9.69. The molecule has 5 rings (SSSR count). The van der Waals surface area contributed by atoms with Crippen molar-refractivity contribution in [2.24, 2.45) is 23.7 Å². The second-order valence-electron chi connectivity index (χ2n) is 7.62. The summed E-state index contributed by atoms with van der Waals surface area (Å²) in [5.74, 6) is 4.95. The van der Waals surface area contributed by atoms with E-state index in [1.165, 1.54) is 37.7 Å². The number of rotatable bonds is 4. The van der Waals surface area contributed by atoms with Crippen molar-refractivity contribution in [3.63, 3.8) is 0 Å². The van der Waals surface area contributed by atoms with Gasteiger partial charge in [0, 0.05) is 12.1 Å². The van der Waals surface area contributed by atoms with Gasteiger partial charge < -0.3 is 10.1 Å². The molecule has 0 aromatic heterocycles. The fourth-order valence-electron chi connectivity index (χ4n) is 5.49.